The minimum atomic E-state index is -0.365. The monoisotopic (exact) mass is 365 g/mol. The molecule has 2 aromatic rings. The molecule has 0 heterocycles. The lowest BCUT2D eigenvalue weighted by Crippen LogP contribution is -1.92. The number of hydrogen-bond acceptors (Lipinski definition) is 3. The quantitative estimate of drug-likeness (QED) is 0.383. The van der Waals surface area contributed by atoms with Crippen molar-refractivity contribution in [2.75, 3.05) is 0 Å². The van der Waals surface area contributed by atoms with Crippen molar-refractivity contribution in [1.29, 1.82) is 0 Å². The number of nitro benzene ring substituents is 1. The zero-order valence-corrected chi connectivity index (χ0v) is 14.3. The lowest BCUT2D eigenvalue weighted by Gasteiger charge is -2.08. The molecular formula is C16H16BrNO2S. The van der Waals surface area contributed by atoms with Crippen molar-refractivity contribution in [3.8, 4) is 0 Å². The van der Waals surface area contributed by atoms with Gasteiger partial charge in [0.2, 0.25) is 0 Å². The van der Waals surface area contributed by atoms with E-state index in [-0.39, 0.29) is 10.6 Å². The molecule has 0 spiro atoms. The van der Waals surface area contributed by atoms with Gasteiger partial charge in [-0.25, -0.2) is 0 Å². The van der Waals surface area contributed by atoms with Crippen molar-refractivity contribution in [1.82, 2.24) is 0 Å². The largest absolute Gasteiger partial charge is 0.283 e. The van der Waals surface area contributed by atoms with Crippen molar-refractivity contribution in [2.24, 2.45) is 0 Å². The fourth-order valence-electron chi connectivity index (χ4n) is 1.93. The Morgan fingerprint density at radius 3 is 2.43 bits per heavy atom. The summed E-state index contributed by atoms with van der Waals surface area (Å²) in [5, 5.41) is 10.9. The van der Waals surface area contributed by atoms with Crippen LogP contribution >= 0.6 is 27.7 Å². The minimum absolute atomic E-state index is 0.114. The van der Waals surface area contributed by atoms with Gasteiger partial charge in [0.05, 0.1) is 9.40 Å². The van der Waals surface area contributed by atoms with Gasteiger partial charge in [0.25, 0.3) is 5.69 Å². The molecule has 0 unspecified atom stereocenters. The average Bonchev–Trinajstić information content (AvgIpc) is 2.46. The first-order valence-corrected chi connectivity index (χ1v) is 8.41. The molecule has 5 heteroatoms. The summed E-state index contributed by atoms with van der Waals surface area (Å²) in [6, 6.07) is 13.6. The van der Waals surface area contributed by atoms with Crippen LogP contribution in [0.3, 0.4) is 0 Å². The topological polar surface area (TPSA) is 43.1 Å². The molecule has 0 bridgehead atoms. The summed E-state index contributed by atoms with van der Waals surface area (Å²) >= 11 is 5.01. The molecule has 0 N–H and O–H groups in total. The number of rotatable bonds is 5. The normalized spacial score (nSPS) is 10.9. The molecule has 0 aromatic heterocycles. The van der Waals surface area contributed by atoms with E-state index in [1.54, 1.807) is 17.8 Å². The van der Waals surface area contributed by atoms with Crippen LogP contribution in [-0.2, 0) is 5.75 Å². The van der Waals surface area contributed by atoms with Gasteiger partial charge in [0, 0.05) is 16.7 Å². The summed E-state index contributed by atoms with van der Waals surface area (Å²) < 4.78 is 0.571. The van der Waals surface area contributed by atoms with Crippen LogP contribution in [-0.4, -0.2) is 4.92 Å². The second-order valence-corrected chi connectivity index (χ2v) is 6.86. The first-order valence-electron chi connectivity index (χ1n) is 6.63. The molecule has 0 atom stereocenters. The highest BCUT2D eigenvalue weighted by atomic mass is 79.9. The maximum atomic E-state index is 10.9. The van der Waals surface area contributed by atoms with Gasteiger partial charge in [-0.2, -0.15) is 0 Å². The third kappa shape index (κ3) is 4.08. The van der Waals surface area contributed by atoms with Crippen molar-refractivity contribution >= 4 is 33.4 Å². The molecule has 0 aliphatic carbocycles. The van der Waals surface area contributed by atoms with Crippen LogP contribution in [0.1, 0.15) is 30.9 Å². The van der Waals surface area contributed by atoms with E-state index in [0.717, 1.165) is 10.5 Å². The molecule has 110 valence electrons. The Balaban J connectivity index is 2.09. The molecule has 3 nitrogen and oxygen atoms in total. The summed E-state index contributed by atoms with van der Waals surface area (Å²) in [7, 11) is 0. The van der Waals surface area contributed by atoms with E-state index in [4.69, 9.17) is 0 Å². The third-order valence-corrected chi connectivity index (χ3v) is 5.17. The Hall–Kier alpha value is -1.33. The maximum absolute atomic E-state index is 10.9. The van der Waals surface area contributed by atoms with Crippen molar-refractivity contribution < 1.29 is 4.92 Å². The Morgan fingerprint density at radius 1 is 1.19 bits per heavy atom. The number of benzene rings is 2. The van der Waals surface area contributed by atoms with E-state index in [0.29, 0.717) is 16.1 Å². The third-order valence-electron chi connectivity index (χ3n) is 3.20. The second kappa shape index (κ2) is 7.09. The van der Waals surface area contributed by atoms with Gasteiger partial charge in [0.15, 0.2) is 0 Å². The molecule has 0 aliphatic rings. The van der Waals surface area contributed by atoms with Crippen molar-refractivity contribution in [3.05, 3.63) is 68.2 Å². The van der Waals surface area contributed by atoms with Gasteiger partial charge in [-0.15, -0.1) is 11.8 Å². The molecule has 21 heavy (non-hydrogen) atoms. The fourth-order valence-corrected chi connectivity index (χ4v) is 3.55. The Bertz CT molecular complexity index is 641. The highest BCUT2D eigenvalue weighted by molar-refractivity contribution is 9.10. The average molecular weight is 366 g/mol. The summed E-state index contributed by atoms with van der Waals surface area (Å²) in [4.78, 5) is 11.7. The number of thioether (sulfide) groups is 1. The van der Waals surface area contributed by atoms with E-state index in [9.17, 15) is 10.1 Å². The smallest absolute Gasteiger partial charge is 0.258 e. The zero-order valence-electron chi connectivity index (χ0n) is 11.9. The fraction of sp³-hybridized carbons (Fsp3) is 0.250. The van der Waals surface area contributed by atoms with Crippen LogP contribution in [0.4, 0.5) is 5.69 Å². The summed E-state index contributed by atoms with van der Waals surface area (Å²) in [6.07, 6.45) is 0. The predicted octanol–water partition coefficient (Wildman–Crippen LogP) is 5.77. The van der Waals surface area contributed by atoms with E-state index < -0.39 is 0 Å². The molecule has 2 aromatic carbocycles. The van der Waals surface area contributed by atoms with E-state index in [2.05, 4.69) is 54.0 Å². The Labute approximate surface area is 137 Å². The minimum Gasteiger partial charge on any atom is -0.258 e. The van der Waals surface area contributed by atoms with Crippen molar-refractivity contribution in [3.63, 3.8) is 0 Å². The molecule has 0 aliphatic heterocycles. The van der Waals surface area contributed by atoms with Crippen LogP contribution in [0.25, 0.3) is 0 Å². The van der Waals surface area contributed by atoms with Crippen LogP contribution in [0, 0.1) is 10.1 Å². The predicted molar refractivity (Wildman–Crippen MR) is 90.9 cm³/mol. The molecule has 0 saturated heterocycles. The first kappa shape index (κ1) is 16.0. The summed E-state index contributed by atoms with van der Waals surface area (Å²) in [6.45, 7) is 4.34. The molecule has 0 saturated carbocycles. The highest BCUT2D eigenvalue weighted by Gasteiger charge is 2.14. The molecular weight excluding hydrogens is 350 g/mol. The summed E-state index contributed by atoms with van der Waals surface area (Å²) in [5.74, 6) is 1.22. The molecule has 0 radical (unpaired) electrons. The SMILES string of the molecule is CC(C)c1ccc(SCc2cccc([N+](=O)[O-])c2Br)cc1. The van der Waals surface area contributed by atoms with Crippen LogP contribution in [0.2, 0.25) is 0 Å². The Kier molecular flexibility index (Phi) is 5.42. The van der Waals surface area contributed by atoms with Crippen LogP contribution in [0.15, 0.2) is 51.8 Å². The van der Waals surface area contributed by atoms with Crippen molar-refractivity contribution in [2.45, 2.75) is 30.4 Å². The molecule has 2 rings (SSSR count). The van der Waals surface area contributed by atoms with Gasteiger partial charge in [-0.1, -0.05) is 38.1 Å². The number of nitro groups is 1. The highest BCUT2D eigenvalue weighted by Crippen LogP contribution is 2.33. The number of halogens is 1. The number of hydrogen-bond donors (Lipinski definition) is 0. The molecule has 0 fully saturated rings. The van der Waals surface area contributed by atoms with Gasteiger partial charge < -0.3 is 0 Å². The second-order valence-electron chi connectivity index (χ2n) is 5.02. The van der Waals surface area contributed by atoms with E-state index >= 15 is 0 Å². The van der Waals surface area contributed by atoms with Gasteiger partial charge >= 0.3 is 0 Å². The lowest BCUT2D eigenvalue weighted by atomic mass is 10.0. The van der Waals surface area contributed by atoms with Gasteiger partial charge in [-0.3, -0.25) is 10.1 Å². The summed E-state index contributed by atoms with van der Waals surface area (Å²) in [5.41, 5.74) is 2.36. The maximum Gasteiger partial charge on any atom is 0.283 e. The lowest BCUT2D eigenvalue weighted by molar-refractivity contribution is -0.385. The van der Waals surface area contributed by atoms with Gasteiger partial charge in [0.1, 0.15) is 0 Å². The van der Waals surface area contributed by atoms with E-state index in [1.807, 2.05) is 6.07 Å². The first-order chi connectivity index (χ1) is 9.99. The van der Waals surface area contributed by atoms with Crippen LogP contribution < -0.4 is 0 Å². The molecule has 0 amide bonds. The number of nitrogens with zero attached hydrogens (tertiary/aromatic N) is 1. The van der Waals surface area contributed by atoms with E-state index in [1.165, 1.54) is 11.6 Å². The standard InChI is InChI=1S/C16H16BrNO2S/c1-11(2)12-6-8-14(9-7-12)21-10-13-4-3-5-15(16(13)17)18(19)20/h3-9,11H,10H2,1-2H3. The van der Waals surface area contributed by atoms with Gasteiger partial charge in [-0.05, 0) is 45.1 Å². The Morgan fingerprint density at radius 2 is 1.86 bits per heavy atom. The zero-order chi connectivity index (χ0) is 15.4. The van der Waals surface area contributed by atoms with Crippen LogP contribution in [0.5, 0.6) is 0 Å².